The highest BCUT2D eigenvalue weighted by Gasteiger charge is 2.24. The maximum absolute atomic E-state index is 12.1. The van der Waals surface area contributed by atoms with Crippen molar-refractivity contribution in [2.24, 2.45) is 15.9 Å². The summed E-state index contributed by atoms with van der Waals surface area (Å²) in [6.45, 7) is 1.80. The number of halogens is 1. The number of aryl methyl sites for hydroxylation is 1. The highest BCUT2D eigenvalue weighted by atomic mass is 35.5. The van der Waals surface area contributed by atoms with Gasteiger partial charge in [0.05, 0.1) is 41.9 Å². The fraction of sp³-hybridized carbons (Fsp3) is 0.176. The van der Waals surface area contributed by atoms with E-state index in [0.29, 0.717) is 0 Å². The Morgan fingerprint density at radius 1 is 1.26 bits per heavy atom. The molecule has 0 aliphatic heterocycles. The number of nitrogens with zero attached hydrogens (tertiary/aromatic N) is 3. The maximum atomic E-state index is 12.1. The van der Waals surface area contributed by atoms with E-state index in [-0.39, 0.29) is 27.0 Å². The summed E-state index contributed by atoms with van der Waals surface area (Å²) in [4.78, 5) is 10.5. The molecule has 0 bridgehead atoms. The van der Waals surface area contributed by atoms with Crippen LogP contribution in [0.2, 0.25) is 5.02 Å². The molecule has 0 heterocycles. The third kappa shape index (κ3) is 5.81. The van der Waals surface area contributed by atoms with Crippen molar-refractivity contribution in [1.82, 2.24) is 5.48 Å². The first-order chi connectivity index (χ1) is 14.6. The predicted molar refractivity (Wildman–Crippen MR) is 113 cm³/mol. The van der Waals surface area contributed by atoms with E-state index in [1.165, 1.54) is 26.4 Å². The molecule has 0 spiro atoms. The molecule has 0 saturated heterocycles. The third-order valence-corrected chi connectivity index (χ3v) is 5.27. The van der Waals surface area contributed by atoms with Crippen molar-refractivity contribution >= 4 is 39.6 Å². The number of hydroxylamine groups is 1. The van der Waals surface area contributed by atoms with Crippen LogP contribution >= 0.6 is 11.6 Å². The van der Waals surface area contributed by atoms with Crippen molar-refractivity contribution in [3.8, 4) is 11.5 Å². The Morgan fingerprint density at radius 3 is 2.45 bits per heavy atom. The van der Waals surface area contributed by atoms with Gasteiger partial charge in [-0.15, -0.1) is 9.39 Å². The fourth-order valence-corrected chi connectivity index (χ4v) is 3.32. The van der Waals surface area contributed by atoms with Gasteiger partial charge in [-0.25, -0.2) is 5.48 Å². The first-order valence-electron chi connectivity index (χ1n) is 8.32. The van der Waals surface area contributed by atoms with Gasteiger partial charge in [-0.3, -0.25) is 10.1 Å². The summed E-state index contributed by atoms with van der Waals surface area (Å²) in [6.07, 6.45) is 0.950. The molecular weight excluding hydrogens is 454 g/mol. The molecule has 0 aliphatic carbocycles. The van der Waals surface area contributed by atoms with Crippen molar-refractivity contribution in [3.63, 3.8) is 0 Å². The summed E-state index contributed by atoms with van der Waals surface area (Å²) in [5.74, 6) is -0.430. The number of ether oxygens (including phenoxy) is 2. The second-order valence-corrected chi connectivity index (χ2v) is 7.72. The number of hydrogen-bond donors (Lipinski definition) is 2. The molecule has 2 rings (SSSR count). The van der Waals surface area contributed by atoms with Gasteiger partial charge in [-0.1, -0.05) is 29.3 Å². The van der Waals surface area contributed by atoms with Gasteiger partial charge >= 0.3 is 10.1 Å². The predicted octanol–water partition coefficient (Wildman–Crippen LogP) is 2.13. The minimum absolute atomic E-state index is 0.0516. The lowest BCUT2D eigenvalue weighted by atomic mass is 10.1. The van der Waals surface area contributed by atoms with E-state index in [1.54, 1.807) is 19.1 Å². The number of hydrogen-bond acceptors (Lipinski definition) is 9. The Hall–Kier alpha value is -3.42. The van der Waals surface area contributed by atoms with Crippen molar-refractivity contribution in [1.29, 1.82) is 0 Å². The Kier molecular flexibility index (Phi) is 7.74. The maximum Gasteiger partial charge on any atom is 0.317 e. The minimum Gasteiger partial charge on any atom is -0.493 e. The summed E-state index contributed by atoms with van der Waals surface area (Å²) in [5, 5.41) is 18.3. The molecular formula is C17H18ClN5O7S. The van der Waals surface area contributed by atoms with Crippen LogP contribution in [0.4, 0.5) is 5.69 Å². The number of guanidine groups is 1. The van der Waals surface area contributed by atoms with Crippen LogP contribution in [0.25, 0.3) is 0 Å². The quantitative estimate of drug-likeness (QED) is 0.253. The molecule has 0 atom stereocenters. The van der Waals surface area contributed by atoms with Crippen LogP contribution < -0.4 is 20.7 Å². The van der Waals surface area contributed by atoms with Gasteiger partial charge in [0.1, 0.15) is 5.02 Å². The molecule has 14 heteroatoms. The first-order valence-corrected chi connectivity index (χ1v) is 10.1. The summed E-state index contributed by atoms with van der Waals surface area (Å²) in [6, 6.07) is 7.01. The minimum atomic E-state index is -4.16. The molecule has 12 nitrogen and oxygen atoms in total. The van der Waals surface area contributed by atoms with Crippen molar-refractivity contribution in [2.75, 3.05) is 14.2 Å². The fourth-order valence-electron chi connectivity index (χ4n) is 2.25. The number of nitro benzene ring substituents is 1. The number of nitrogens with one attached hydrogen (secondary N) is 1. The average Bonchev–Trinajstić information content (AvgIpc) is 2.73. The Balaban J connectivity index is 2.22. The van der Waals surface area contributed by atoms with Crippen LogP contribution in [0, 0.1) is 17.0 Å². The van der Waals surface area contributed by atoms with E-state index in [4.69, 9.17) is 26.8 Å². The molecule has 0 saturated carbocycles. The highest BCUT2D eigenvalue weighted by molar-refractivity contribution is 7.86. The molecule has 0 aliphatic rings. The zero-order valence-corrected chi connectivity index (χ0v) is 18.1. The average molecular weight is 472 g/mol. The lowest BCUT2D eigenvalue weighted by Crippen LogP contribution is -2.33. The number of rotatable bonds is 8. The van der Waals surface area contributed by atoms with Crippen molar-refractivity contribution in [3.05, 3.63) is 56.6 Å². The smallest absolute Gasteiger partial charge is 0.317 e. The first kappa shape index (κ1) is 23.9. The van der Waals surface area contributed by atoms with E-state index in [9.17, 15) is 18.5 Å². The Morgan fingerprint density at radius 2 is 1.90 bits per heavy atom. The Bertz CT molecular complexity index is 1130. The number of methoxy groups -OCH3 is 2. The van der Waals surface area contributed by atoms with Crippen molar-refractivity contribution in [2.45, 2.75) is 11.8 Å². The SMILES string of the molecule is COc1cc([N+](=O)[O-])c(C=NN=C(N)NOS(=O)(=O)c2ccc(C)cc2)c(Cl)c1OC. The highest BCUT2D eigenvalue weighted by Crippen LogP contribution is 2.41. The zero-order chi connectivity index (χ0) is 23.2. The molecule has 0 amide bonds. The van der Waals surface area contributed by atoms with Gasteiger partial charge < -0.3 is 15.2 Å². The van der Waals surface area contributed by atoms with Gasteiger partial charge in [0.15, 0.2) is 11.5 Å². The van der Waals surface area contributed by atoms with Crippen LogP contribution in [-0.2, 0) is 14.4 Å². The normalized spacial score (nSPS) is 12.1. The van der Waals surface area contributed by atoms with Gasteiger partial charge in [-0.05, 0) is 19.1 Å². The van der Waals surface area contributed by atoms with E-state index in [2.05, 4.69) is 14.5 Å². The largest absolute Gasteiger partial charge is 0.493 e. The Labute approximate surface area is 182 Å². The van der Waals surface area contributed by atoms with E-state index < -0.39 is 26.7 Å². The second kappa shape index (κ2) is 10.1. The summed E-state index contributed by atoms with van der Waals surface area (Å²) < 4.78 is 38.9. The summed E-state index contributed by atoms with van der Waals surface area (Å²) >= 11 is 6.16. The van der Waals surface area contributed by atoms with E-state index in [1.807, 2.05) is 5.48 Å². The van der Waals surface area contributed by atoms with E-state index >= 15 is 0 Å². The zero-order valence-electron chi connectivity index (χ0n) is 16.5. The van der Waals surface area contributed by atoms with Crippen LogP contribution in [0.15, 0.2) is 45.4 Å². The van der Waals surface area contributed by atoms with Crippen LogP contribution in [0.3, 0.4) is 0 Å². The van der Waals surface area contributed by atoms with Gasteiger partial charge in [0, 0.05) is 0 Å². The molecule has 0 fully saturated rings. The molecule has 2 aromatic carbocycles. The van der Waals surface area contributed by atoms with Crippen LogP contribution in [-0.4, -0.2) is 39.7 Å². The molecule has 0 aromatic heterocycles. The van der Waals surface area contributed by atoms with Crippen LogP contribution in [0.1, 0.15) is 11.1 Å². The topological polar surface area (TPSA) is 168 Å². The molecule has 31 heavy (non-hydrogen) atoms. The monoisotopic (exact) mass is 471 g/mol. The summed E-state index contributed by atoms with van der Waals surface area (Å²) in [7, 11) is -1.55. The number of benzene rings is 2. The van der Waals surface area contributed by atoms with E-state index in [0.717, 1.165) is 17.8 Å². The van der Waals surface area contributed by atoms with Crippen molar-refractivity contribution < 1.29 is 27.1 Å². The molecule has 0 unspecified atom stereocenters. The lowest BCUT2D eigenvalue weighted by molar-refractivity contribution is -0.385. The molecule has 0 radical (unpaired) electrons. The van der Waals surface area contributed by atoms with Gasteiger partial charge in [0.2, 0.25) is 5.96 Å². The number of nitro groups is 1. The number of nitrogens with two attached hydrogens (primary N) is 1. The molecule has 3 N–H and O–H groups in total. The van der Waals surface area contributed by atoms with Gasteiger partial charge in [0.25, 0.3) is 5.69 Å². The summed E-state index contributed by atoms with van der Waals surface area (Å²) in [5.41, 5.74) is 7.75. The standard InChI is InChI=1S/C17H18ClN5O7S/c1-10-4-6-11(7-5-10)31(26,27)30-22-17(19)21-20-9-12-13(23(24)25)8-14(28-2)16(29-3)15(12)18/h4-9H,1-3H3,(H3,19,21,22). The second-order valence-electron chi connectivity index (χ2n) is 5.80. The van der Waals surface area contributed by atoms with Gasteiger partial charge in [-0.2, -0.15) is 13.5 Å². The molecule has 2 aromatic rings. The lowest BCUT2D eigenvalue weighted by Gasteiger charge is -2.11. The third-order valence-electron chi connectivity index (χ3n) is 3.74. The van der Waals surface area contributed by atoms with Crippen LogP contribution in [0.5, 0.6) is 11.5 Å². The molecule has 166 valence electrons.